The predicted molar refractivity (Wildman–Crippen MR) is 49.8 cm³/mol. The van der Waals surface area contributed by atoms with E-state index in [-0.39, 0.29) is 11.9 Å². The number of ether oxygens (including phenoxy) is 1. The van der Waals surface area contributed by atoms with Crippen LogP contribution < -0.4 is 0 Å². The summed E-state index contributed by atoms with van der Waals surface area (Å²) in [6, 6.07) is 0. The molecule has 0 saturated carbocycles. The maximum atomic E-state index is 11.1. The molecule has 1 atom stereocenters. The Bertz CT molecular complexity index is 150. The van der Waals surface area contributed by atoms with Gasteiger partial charge in [0.2, 0.25) is 0 Å². The Morgan fingerprint density at radius 1 is 1.42 bits per heavy atom. The largest absolute Gasteiger partial charge is 0.469 e. The quantitative estimate of drug-likeness (QED) is 0.468. The molecule has 0 saturated heterocycles. The summed E-state index contributed by atoms with van der Waals surface area (Å²) in [5.41, 5.74) is 0. The van der Waals surface area contributed by atoms with Gasteiger partial charge < -0.3 is 4.74 Å². The summed E-state index contributed by atoms with van der Waals surface area (Å²) in [6.45, 7) is 4.08. The molecule has 0 rings (SSSR count). The molecule has 0 aromatic rings. The smallest absolute Gasteiger partial charge is 0.308 e. The SMILES string of the molecule is CCC=CCC(CC)C(=O)OC. The molecule has 12 heavy (non-hydrogen) atoms. The fourth-order valence-corrected chi connectivity index (χ4v) is 1.02. The zero-order valence-corrected chi connectivity index (χ0v) is 8.17. The Balaban J connectivity index is 3.82. The number of esters is 1. The average Bonchev–Trinajstić information content (AvgIpc) is 2.11. The second-order valence-corrected chi connectivity index (χ2v) is 2.74. The summed E-state index contributed by atoms with van der Waals surface area (Å²) in [5.74, 6) is -0.0592. The van der Waals surface area contributed by atoms with Crippen LogP contribution in [0.5, 0.6) is 0 Å². The minimum atomic E-state index is -0.0988. The summed E-state index contributed by atoms with van der Waals surface area (Å²) >= 11 is 0. The molecule has 0 heterocycles. The molecule has 70 valence electrons. The Morgan fingerprint density at radius 3 is 2.50 bits per heavy atom. The van der Waals surface area contributed by atoms with Crippen molar-refractivity contribution in [3.05, 3.63) is 12.2 Å². The van der Waals surface area contributed by atoms with E-state index in [0.29, 0.717) is 0 Å². The molecule has 0 aliphatic rings. The second kappa shape index (κ2) is 6.89. The molecule has 1 unspecified atom stereocenters. The molecule has 0 aliphatic heterocycles. The Labute approximate surface area is 74.6 Å². The van der Waals surface area contributed by atoms with Crippen molar-refractivity contribution in [2.75, 3.05) is 7.11 Å². The molecule has 2 nitrogen and oxygen atoms in total. The fraction of sp³-hybridized carbons (Fsp3) is 0.700. The van der Waals surface area contributed by atoms with Crippen molar-refractivity contribution >= 4 is 5.97 Å². The standard InChI is InChI=1S/C10H18O2/c1-4-6-7-8-9(5-2)10(11)12-3/h6-7,9H,4-5,8H2,1-3H3. The van der Waals surface area contributed by atoms with E-state index in [0.717, 1.165) is 19.3 Å². The van der Waals surface area contributed by atoms with Gasteiger partial charge in [0, 0.05) is 0 Å². The van der Waals surface area contributed by atoms with E-state index in [4.69, 9.17) is 0 Å². The van der Waals surface area contributed by atoms with E-state index < -0.39 is 0 Å². The van der Waals surface area contributed by atoms with E-state index in [1.165, 1.54) is 7.11 Å². The third kappa shape index (κ3) is 4.16. The zero-order valence-electron chi connectivity index (χ0n) is 8.17. The van der Waals surface area contributed by atoms with E-state index in [9.17, 15) is 4.79 Å². The zero-order chi connectivity index (χ0) is 9.40. The molecule has 0 spiro atoms. The highest BCUT2D eigenvalue weighted by Crippen LogP contribution is 2.10. The Morgan fingerprint density at radius 2 is 2.08 bits per heavy atom. The van der Waals surface area contributed by atoms with Crippen LogP contribution in [0, 0.1) is 5.92 Å². The lowest BCUT2D eigenvalue weighted by atomic mass is 10.0. The third-order valence-corrected chi connectivity index (χ3v) is 1.85. The van der Waals surface area contributed by atoms with Crippen LogP contribution in [0.15, 0.2) is 12.2 Å². The van der Waals surface area contributed by atoms with Gasteiger partial charge in [0.15, 0.2) is 0 Å². The second-order valence-electron chi connectivity index (χ2n) is 2.74. The molecule has 0 aromatic carbocycles. The van der Waals surface area contributed by atoms with Crippen molar-refractivity contribution in [1.29, 1.82) is 0 Å². The van der Waals surface area contributed by atoms with E-state index in [1.807, 2.05) is 13.0 Å². The first kappa shape index (κ1) is 11.2. The van der Waals surface area contributed by atoms with Gasteiger partial charge in [0.25, 0.3) is 0 Å². The lowest BCUT2D eigenvalue weighted by molar-refractivity contribution is -0.145. The number of hydrogen-bond donors (Lipinski definition) is 0. The van der Waals surface area contributed by atoms with Crippen LogP contribution in [0.25, 0.3) is 0 Å². The van der Waals surface area contributed by atoms with E-state index >= 15 is 0 Å². The monoisotopic (exact) mass is 170 g/mol. The van der Waals surface area contributed by atoms with Gasteiger partial charge >= 0.3 is 5.97 Å². The fourth-order valence-electron chi connectivity index (χ4n) is 1.02. The molecule has 0 fully saturated rings. The highest BCUT2D eigenvalue weighted by atomic mass is 16.5. The lowest BCUT2D eigenvalue weighted by Crippen LogP contribution is -2.14. The van der Waals surface area contributed by atoms with Gasteiger partial charge in [0.1, 0.15) is 0 Å². The first-order valence-corrected chi connectivity index (χ1v) is 4.49. The van der Waals surface area contributed by atoms with Crippen molar-refractivity contribution in [2.24, 2.45) is 5.92 Å². The van der Waals surface area contributed by atoms with Gasteiger partial charge in [0.05, 0.1) is 13.0 Å². The molecule has 0 aliphatic carbocycles. The van der Waals surface area contributed by atoms with Crippen LogP contribution in [0.1, 0.15) is 33.1 Å². The molecule has 0 radical (unpaired) electrons. The molecule has 2 heteroatoms. The van der Waals surface area contributed by atoms with Crippen molar-refractivity contribution in [1.82, 2.24) is 0 Å². The van der Waals surface area contributed by atoms with Crippen molar-refractivity contribution in [3.8, 4) is 0 Å². The van der Waals surface area contributed by atoms with Crippen molar-refractivity contribution in [2.45, 2.75) is 33.1 Å². The maximum absolute atomic E-state index is 11.1. The van der Waals surface area contributed by atoms with Crippen LogP contribution in [-0.4, -0.2) is 13.1 Å². The van der Waals surface area contributed by atoms with Gasteiger partial charge in [-0.2, -0.15) is 0 Å². The van der Waals surface area contributed by atoms with Crippen molar-refractivity contribution in [3.63, 3.8) is 0 Å². The summed E-state index contributed by atoms with van der Waals surface area (Å²) < 4.78 is 4.66. The molecule has 0 amide bonds. The number of carbonyl (C=O) groups excluding carboxylic acids is 1. The Kier molecular flexibility index (Phi) is 6.44. The summed E-state index contributed by atoms with van der Waals surface area (Å²) in [6.07, 6.45) is 6.80. The van der Waals surface area contributed by atoms with Gasteiger partial charge in [-0.25, -0.2) is 0 Å². The topological polar surface area (TPSA) is 26.3 Å². The summed E-state index contributed by atoms with van der Waals surface area (Å²) in [4.78, 5) is 11.1. The van der Waals surface area contributed by atoms with E-state index in [2.05, 4.69) is 17.7 Å². The molecule has 0 bridgehead atoms. The maximum Gasteiger partial charge on any atom is 0.308 e. The average molecular weight is 170 g/mol. The van der Waals surface area contributed by atoms with Gasteiger partial charge in [-0.3, -0.25) is 4.79 Å². The summed E-state index contributed by atoms with van der Waals surface area (Å²) in [7, 11) is 1.44. The summed E-state index contributed by atoms with van der Waals surface area (Å²) in [5, 5.41) is 0. The first-order chi connectivity index (χ1) is 5.76. The number of rotatable bonds is 5. The molecule has 0 aromatic heterocycles. The van der Waals surface area contributed by atoms with E-state index in [1.54, 1.807) is 0 Å². The van der Waals surface area contributed by atoms with Crippen LogP contribution in [0.4, 0.5) is 0 Å². The number of hydrogen-bond acceptors (Lipinski definition) is 2. The van der Waals surface area contributed by atoms with Gasteiger partial charge in [-0.1, -0.05) is 26.0 Å². The minimum Gasteiger partial charge on any atom is -0.469 e. The number of allylic oxidation sites excluding steroid dienone is 2. The number of methoxy groups -OCH3 is 1. The minimum absolute atomic E-state index is 0.0396. The van der Waals surface area contributed by atoms with Crippen LogP contribution in [0.3, 0.4) is 0 Å². The normalized spacial score (nSPS) is 13.2. The highest BCUT2D eigenvalue weighted by Gasteiger charge is 2.14. The van der Waals surface area contributed by atoms with Gasteiger partial charge in [-0.05, 0) is 19.3 Å². The first-order valence-electron chi connectivity index (χ1n) is 4.49. The van der Waals surface area contributed by atoms with Crippen LogP contribution in [-0.2, 0) is 9.53 Å². The van der Waals surface area contributed by atoms with Crippen molar-refractivity contribution < 1.29 is 9.53 Å². The highest BCUT2D eigenvalue weighted by molar-refractivity contribution is 5.72. The Hall–Kier alpha value is -0.790. The molecular weight excluding hydrogens is 152 g/mol. The van der Waals surface area contributed by atoms with Gasteiger partial charge in [-0.15, -0.1) is 0 Å². The molecule has 0 N–H and O–H groups in total. The third-order valence-electron chi connectivity index (χ3n) is 1.85. The molecular formula is C10H18O2. The predicted octanol–water partition coefficient (Wildman–Crippen LogP) is 2.54. The lowest BCUT2D eigenvalue weighted by Gasteiger charge is -2.08. The van der Waals surface area contributed by atoms with Crippen LogP contribution >= 0.6 is 0 Å². The number of carbonyl (C=O) groups is 1. The van der Waals surface area contributed by atoms with Crippen LogP contribution in [0.2, 0.25) is 0 Å².